The summed E-state index contributed by atoms with van der Waals surface area (Å²) in [5.74, 6) is -1.26. The number of nitrogens with one attached hydrogen (secondary N) is 1. The molecule has 0 fully saturated rings. The maximum absolute atomic E-state index is 13.4. The zero-order valence-electron chi connectivity index (χ0n) is 33.5. The molecule has 332 valence electrons. The number of hydrogen-bond acceptors (Lipinski definition) is 8. The van der Waals surface area contributed by atoms with E-state index in [1.807, 2.05) is 0 Å². The van der Waals surface area contributed by atoms with E-state index in [1.165, 1.54) is 58.6 Å². The lowest BCUT2D eigenvalue weighted by Gasteiger charge is -2.27. The van der Waals surface area contributed by atoms with Gasteiger partial charge in [0.15, 0.2) is 17.0 Å². The summed E-state index contributed by atoms with van der Waals surface area (Å²) in [4.78, 5) is 33.3. The van der Waals surface area contributed by atoms with Gasteiger partial charge in [0.05, 0.1) is 51.9 Å². The van der Waals surface area contributed by atoms with E-state index in [1.54, 1.807) is 39.8 Å². The molecule has 22 heteroatoms. The van der Waals surface area contributed by atoms with Crippen LogP contribution >= 0.6 is 0 Å². The van der Waals surface area contributed by atoms with Crippen molar-refractivity contribution in [3.8, 4) is 11.4 Å². The van der Waals surface area contributed by atoms with E-state index in [0.717, 1.165) is 20.8 Å². The summed E-state index contributed by atoms with van der Waals surface area (Å²) in [5, 5.41) is 18.9. The Hall–Kier alpha value is -7.13. The number of benzene rings is 2. The number of amides is 2. The van der Waals surface area contributed by atoms with Gasteiger partial charge in [0.25, 0.3) is 0 Å². The first-order valence-electron chi connectivity index (χ1n) is 20.2. The minimum Gasteiger partial charge on any atom is -0.370 e. The molecular formula is C42H36F8N12O2. The molecule has 2 aromatic carbocycles. The Morgan fingerprint density at radius 3 is 1.69 bits per heavy atom. The van der Waals surface area contributed by atoms with E-state index in [4.69, 9.17) is 0 Å². The summed E-state index contributed by atoms with van der Waals surface area (Å²) in [6, 6.07) is 14.4. The fourth-order valence-corrected chi connectivity index (χ4v) is 8.33. The number of alkyl halides is 6. The number of carbonyl (C=O) groups excluding carboxylic acids is 2. The van der Waals surface area contributed by atoms with Crippen molar-refractivity contribution < 1.29 is 44.7 Å². The van der Waals surface area contributed by atoms with Crippen molar-refractivity contribution in [2.75, 3.05) is 34.8 Å². The van der Waals surface area contributed by atoms with Gasteiger partial charge in [-0.05, 0) is 99.2 Å². The van der Waals surface area contributed by atoms with Crippen molar-refractivity contribution in [3.63, 3.8) is 0 Å². The molecule has 0 unspecified atom stereocenters. The van der Waals surface area contributed by atoms with Gasteiger partial charge in [0, 0.05) is 31.4 Å². The molecule has 7 aromatic rings. The number of halogens is 8. The molecule has 0 bridgehead atoms. The number of pyridine rings is 1. The van der Waals surface area contributed by atoms with Crippen LogP contribution in [0.5, 0.6) is 0 Å². The summed E-state index contributed by atoms with van der Waals surface area (Å²) in [5.41, 5.74) is 2.17. The molecule has 0 saturated carbocycles. The molecule has 0 spiro atoms. The van der Waals surface area contributed by atoms with Gasteiger partial charge in [0.2, 0.25) is 11.8 Å². The molecule has 10 rings (SSSR count). The Kier molecular flexibility index (Phi) is 10.9. The second-order valence-electron chi connectivity index (χ2n) is 15.3. The summed E-state index contributed by atoms with van der Waals surface area (Å²) in [6.07, 6.45) is -1.28. The van der Waals surface area contributed by atoms with Crippen LogP contribution in [-0.4, -0.2) is 75.6 Å². The first kappa shape index (κ1) is 42.2. The van der Waals surface area contributed by atoms with Gasteiger partial charge in [-0.25, -0.2) is 32.5 Å². The van der Waals surface area contributed by atoms with Gasteiger partial charge in [-0.2, -0.15) is 46.7 Å². The molecule has 0 aliphatic carbocycles. The predicted molar refractivity (Wildman–Crippen MR) is 215 cm³/mol. The van der Waals surface area contributed by atoms with Crippen LogP contribution in [0.15, 0.2) is 79.3 Å². The van der Waals surface area contributed by atoms with Crippen molar-refractivity contribution in [3.05, 3.63) is 119 Å². The van der Waals surface area contributed by atoms with E-state index in [9.17, 15) is 44.7 Å². The van der Waals surface area contributed by atoms with E-state index >= 15 is 0 Å². The number of carbonyl (C=O) groups is 2. The highest BCUT2D eigenvalue weighted by molar-refractivity contribution is 5.95. The molecule has 0 radical (unpaired) electrons. The lowest BCUT2D eigenvalue weighted by molar-refractivity contribution is -0.142. The average molecular weight is 893 g/mol. The topological polar surface area (TPSA) is 137 Å². The smallest absolute Gasteiger partial charge is 0.370 e. The fourth-order valence-electron chi connectivity index (χ4n) is 8.33. The fraction of sp³-hybridized carbons (Fsp3) is 0.310. The molecule has 14 nitrogen and oxygen atoms in total. The Labute approximate surface area is 357 Å². The maximum Gasteiger partial charge on any atom is 0.435 e. The van der Waals surface area contributed by atoms with Gasteiger partial charge in [-0.15, -0.1) is 0 Å². The van der Waals surface area contributed by atoms with Crippen LogP contribution in [0, 0.1) is 11.6 Å². The zero-order valence-corrected chi connectivity index (χ0v) is 33.5. The van der Waals surface area contributed by atoms with E-state index in [2.05, 4.69) is 30.7 Å². The molecule has 2 amide bonds. The molecule has 5 aromatic heterocycles. The van der Waals surface area contributed by atoms with Crippen LogP contribution in [0.1, 0.15) is 47.6 Å². The number of fused-ring (bicyclic) bond motifs is 4. The highest BCUT2D eigenvalue weighted by atomic mass is 19.4. The van der Waals surface area contributed by atoms with Gasteiger partial charge in [0.1, 0.15) is 30.5 Å². The number of nitrogens with zero attached hydrogens (tertiary/aromatic N) is 11. The van der Waals surface area contributed by atoms with Gasteiger partial charge >= 0.3 is 12.4 Å². The van der Waals surface area contributed by atoms with Crippen molar-refractivity contribution in [1.29, 1.82) is 0 Å². The minimum atomic E-state index is -4.66. The monoisotopic (exact) mass is 892 g/mol. The number of rotatable bonds is 6. The minimum absolute atomic E-state index is 0.00702. The summed E-state index contributed by atoms with van der Waals surface area (Å²) in [6.45, 7) is 0.656. The number of hydrogen-bond donors (Lipinski definition) is 1. The Morgan fingerprint density at radius 2 is 1.16 bits per heavy atom. The maximum atomic E-state index is 13.4. The second kappa shape index (κ2) is 16.5. The normalized spacial score (nSPS) is 14.9. The molecule has 3 aliphatic rings. The third-order valence-electron chi connectivity index (χ3n) is 11.2. The summed E-state index contributed by atoms with van der Waals surface area (Å²) in [7, 11) is 0. The third kappa shape index (κ3) is 8.02. The largest absolute Gasteiger partial charge is 0.435 e. The Balaban J connectivity index is 0.000000162. The quantitative estimate of drug-likeness (QED) is 0.172. The highest BCUT2D eigenvalue weighted by Crippen LogP contribution is 2.38. The molecule has 8 heterocycles. The zero-order chi connectivity index (χ0) is 44.9. The standard InChI is InChI=1S/C21H20F4N6O.C21H16F4N6O/c2*22-13-5-7-14(8-6-13)31-16-4-2-10-29(17(16)11-27-31)18(32)12-30-20-15(3-1-9-26-20)19(28-30)21(23,24)25/h5-8,11,26H,1-4,9-10,12H2;1,3,5-9,11H,2,4,10,12H2. The molecule has 0 saturated heterocycles. The number of anilines is 3. The second-order valence-corrected chi connectivity index (χ2v) is 15.3. The van der Waals surface area contributed by atoms with Crippen LogP contribution < -0.4 is 15.1 Å². The molecular weight excluding hydrogens is 857 g/mol. The summed E-state index contributed by atoms with van der Waals surface area (Å²) >= 11 is 0. The molecule has 0 atom stereocenters. The average Bonchev–Trinajstić information content (AvgIpc) is 4.08. The van der Waals surface area contributed by atoms with Crippen LogP contribution in [0.2, 0.25) is 0 Å². The van der Waals surface area contributed by atoms with E-state index in [-0.39, 0.29) is 52.9 Å². The van der Waals surface area contributed by atoms with Crippen LogP contribution in [-0.2, 0) is 54.3 Å². The van der Waals surface area contributed by atoms with Crippen LogP contribution in [0.25, 0.3) is 22.4 Å². The Bertz CT molecular complexity index is 2860. The first-order chi connectivity index (χ1) is 30.7. The molecule has 1 N–H and O–H groups in total. The van der Waals surface area contributed by atoms with Crippen molar-refractivity contribution in [2.24, 2.45) is 0 Å². The van der Waals surface area contributed by atoms with Crippen molar-refractivity contribution in [1.82, 2.24) is 44.1 Å². The highest BCUT2D eigenvalue weighted by Gasteiger charge is 2.41. The van der Waals surface area contributed by atoms with E-state index in [0.29, 0.717) is 74.5 Å². The third-order valence-corrected chi connectivity index (χ3v) is 11.2. The van der Waals surface area contributed by atoms with Crippen LogP contribution in [0.3, 0.4) is 0 Å². The Morgan fingerprint density at radius 1 is 0.641 bits per heavy atom. The van der Waals surface area contributed by atoms with Crippen molar-refractivity contribution >= 4 is 40.0 Å². The van der Waals surface area contributed by atoms with Crippen molar-refractivity contribution in [2.45, 2.75) is 64.0 Å². The first-order valence-corrected chi connectivity index (χ1v) is 20.2. The van der Waals surface area contributed by atoms with Gasteiger partial charge < -0.3 is 15.1 Å². The van der Waals surface area contributed by atoms with Gasteiger partial charge in [-0.3, -0.25) is 9.59 Å². The summed E-state index contributed by atoms with van der Waals surface area (Å²) < 4.78 is 112. The lowest BCUT2D eigenvalue weighted by Crippen LogP contribution is -2.38. The number of aromatic nitrogens is 9. The molecule has 3 aliphatic heterocycles. The van der Waals surface area contributed by atoms with E-state index < -0.39 is 36.2 Å². The molecule has 64 heavy (non-hydrogen) atoms. The SMILES string of the molecule is O=C(Cn1nc(C(F)(F)F)c2c1NCCC2)N1CCCc2c1cnn2-c1ccc(F)cc1.O=C(Cn1nc(C(F)(F)F)c2cccnc21)N1CCCc2c1cnn2-c1ccc(F)cc1. The van der Waals surface area contributed by atoms with Crippen LogP contribution in [0.4, 0.5) is 52.3 Å². The lowest BCUT2D eigenvalue weighted by atomic mass is 10.1. The predicted octanol–water partition coefficient (Wildman–Crippen LogP) is 7.32. The van der Waals surface area contributed by atoms with Gasteiger partial charge in [-0.1, -0.05) is 0 Å².